The van der Waals surface area contributed by atoms with Gasteiger partial charge >= 0.3 is 0 Å². The molecular weight excluding hydrogens is 274 g/mol. The molecule has 0 spiro atoms. The molecular formula is C14H29N3O2S. The van der Waals surface area contributed by atoms with Gasteiger partial charge in [0, 0.05) is 38.8 Å². The summed E-state index contributed by atoms with van der Waals surface area (Å²) < 4.78 is 26.7. The largest absolute Gasteiger partial charge is 0.329 e. The van der Waals surface area contributed by atoms with Gasteiger partial charge in [-0.1, -0.05) is 19.3 Å². The van der Waals surface area contributed by atoms with Crippen LogP contribution in [0.15, 0.2) is 0 Å². The van der Waals surface area contributed by atoms with Crippen LogP contribution in [0.2, 0.25) is 0 Å². The molecule has 0 bridgehead atoms. The quantitative estimate of drug-likeness (QED) is 0.818. The summed E-state index contributed by atoms with van der Waals surface area (Å²) >= 11 is 0. The molecule has 0 aromatic heterocycles. The fraction of sp³-hybridized carbons (Fsp3) is 1.00. The Balaban J connectivity index is 1.85. The summed E-state index contributed by atoms with van der Waals surface area (Å²) in [5.41, 5.74) is 5.67. The number of sulfonamides is 1. The Kier molecular flexibility index (Phi) is 5.84. The van der Waals surface area contributed by atoms with E-state index in [2.05, 4.69) is 11.8 Å². The van der Waals surface area contributed by atoms with Gasteiger partial charge in [0.2, 0.25) is 10.0 Å². The van der Waals surface area contributed by atoms with Crippen LogP contribution < -0.4 is 5.73 Å². The van der Waals surface area contributed by atoms with Crippen LogP contribution in [0.3, 0.4) is 0 Å². The number of nitrogens with two attached hydrogens (primary N) is 1. The highest BCUT2D eigenvalue weighted by Crippen LogP contribution is 2.26. The van der Waals surface area contributed by atoms with Gasteiger partial charge < -0.3 is 5.73 Å². The van der Waals surface area contributed by atoms with Crippen molar-refractivity contribution in [3.63, 3.8) is 0 Å². The van der Waals surface area contributed by atoms with Crippen LogP contribution >= 0.6 is 0 Å². The van der Waals surface area contributed by atoms with E-state index in [1.165, 1.54) is 19.3 Å². The molecule has 1 saturated heterocycles. The first-order chi connectivity index (χ1) is 9.53. The Hall–Kier alpha value is -0.170. The molecule has 0 aromatic rings. The molecule has 1 aliphatic heterocycles. The summed E-state index contributed by atoms with van der Waals surface area (Å²) in [6, 6.07) is 0.346. The van der Waals surface area contributed by atoms with E-state index in [1.807, 2.05) is 0 Å². The van der Waals surface area contributed by atoms with Crippen molar-refractivity contribution in [2.24, 2.45) is 11.7 Å². The van der Waals surface area contributed by atoms with E-state index in [0.29, 0.717) is 37.3 Å². The van der Waals surface area contributed by atoms with Gasteiger partial charge in [-0.25, -0.2) is 8.42 Å². The van der Waals surface area contributed by atoms with Gasteiger partial charge in [-0.15, -0.1) is 0 Å². The number of nitrogens with zero attached hydrogens (tertiary/aromatic N) is 2. The average molecular weight is 303 g/mol. The van der Waals surface area contributed by atoms with Gasteiger partial charge in [0.05, 0.1) is 5.75 Å². The molecule has 0 amide bonds. The second kappa shape index (κ2) is 7.20. The molecule has 1 atom stereocenters. The molecule has 1 aliphatic carbocycles. The maximum Gasteiger partial charge on any atom is 0.214 e. The summed E-state index contributed by atoms with van der Waals surface area (Å²) in [4.78, 5) is 2.28. The first-order valence-corrected chi connectivity index (χ1v) is 9.56. The molecule has 6 heteroatoms. The molecule has 1 saturated carbocycles. The summed E-state index contributed by atoms with van der Waals surface area (Å²) in [6.07, 6.45) is 5.84. The fourth-order valence-electron chi connectivity index (χ4n) is 3.33. The molecule has 118 valence electrons. The Bertz CT molecular complexity index is 385. The zero-order valence-electron chi connectivity index (χ0n) is 12.6. The van der Waals surface area contributed by atoms with Crippen LogP contribution in [0, 0.1) is 5.92 Å². The van der Waals surface area contributed by atoms with E-state index in [-0.39, 0.29) is 0 Å². The van der Waals surface area contributed by atoms with E-state index in [0.717, 1.165) is 25.9 Å². The monoisotopic (exact) mass is 303 g/mol. The lowest BCUT2D eigenvalue weighted by molar-refractivity contribution is 0.148. The van der Waals surface area contributed by atoms with Crippen molar-refractivity contribution in [1.29, 1.82) is 0 Å². The minimum absolute atomic E-state index is 0.346. The summed E-state index contributed by atoms with van der Waals surface area (Å²) in [5.74, 6) is 0.745. The van der Waals surface area contributed by atoms with E-state index in [4.69, 9.17) is 5.73 Å². The van der Waals surface area contributed by atoms with E-state index in [1.54, 1.807) is 4.31 Å². The fourth-order valence-corrected chi connectivity index (χ4v) is 5.19. The van der Waals surface area contributed by atoms with Crippen LogP contribution in [-0.4, -0.2) is 62.1 Å². The summed E-state index contributed by atoms with van der Waals surface area (Å²) in [7, 11) is -3.06. The van der Waals surface area contributed by atoms with Crippen molar-refractivity contribution in [2.75, 3.05) is 38.5 Å². The molecule has 20 heavy (non-hydrogen) atoms. The van der Waals surface area contributed by atoms with Gasteiger partial charge in [0.1, 0.15) is 0 Å². The van der Waals surface area contributed by atoms with Crippen LogP contribution in [-0.2, 0) is 10.0 Å². The lowest BCUT2D eigenvalue weighted by Crippen LogP contribution is -2.53. The van der Waals surface area contributed by atoms with Crippen molar-refractivity contribution >= 4 is 10.0 Å². The first-order valence-electron chi connectivity index (χ1n) is 7.95. The van der Waals surface area contributed by atoms with Gasteiger partial charge in [-0.2, -0.15) is 4.31 Å². The normalized spacial score (nSPS) is 25.7. The third-order valence-electron chi connectivity index (χ3n) is 4.80. The highest BCUT2D eigenvalue weighted by atomic mass is 32.2. The van der Waals surface area contributed by atoms with E-state index < -0.39 is 10.0 Å². The van der Waals surface area contributed by atoms with Crippen LogP contribution in [0.4, 0.5) is 0 Å². The minimum Gasteiger partial charge on any atom is -0.329 e. The van der Waals surface area contributed by atoms with Gasteiger partial charge in [-0.3, -0.25) is 4.90 Å². The Morgan fingerprint density at radius 2 is 1.70 bits per heavy atom. The van der Waals surface area contributed by atoms with Crippen molar-refractivity contribution in [3.8, 4) is 0 Å². The summed E-state index contributed by atoms with van der Waals surface area (Å²) in [5, 5.41) is 0. The minimum atomic E-state index is -3.06. The van der Waals surface area contributed by atoms with Crippen molar-refractivity contribution in [2.45, 2.75) is 45.1 Å². The third-order valence-corrected chi connectivity index (χ3v) is 6.85. The molecule has 0 aromatic carbocycles. The van der Waals surface area contributed by atoms with Crippen molar-refractivity contribution < 1.29 is 8.42 Å². The zero-order valence-corrected chi connectivity index (χ0v) is 13.4. The Morgan fingerprint density at radius 1 is 1.10 bits per heavy atom. The molecule has 2 rings (SSSR count). The molecule has 5 nitrogen and oxygen atoms in total. The number of hydrogen-bond acceptors (Lipinski definition) is 4. The number of rotatable bonds is 5. The summed E-state index contributed by atoms with van der Waals surface area (Å²) in [6.45, 7) is 5.60. The molecule has 2 aliphatic rings. The lowest BCUT2D eigenvalue weighted by atomic mass is 9.91. The SMILES string of the molecule is CC(CN)N1CCN(S(=O)(=O)CC2CCCCC2)CC1. The molecule has 0 radical (unpaired) electrons. The maximum absolute atomic E-state index is 12.5. The van der Waals surface area contributed by atoms with E-state index in [9.17, 15) is 8.42 Å². The lowest BCUT2D eigenvalue weighted by Gasteiger charge is -2.37. The van der Waals surface area contributed by atoms with Crippen LogP contribution in [0.1, 0.15) is 39.0 Å². The standard InChI is InChI=1S/C14H29N3O2S/c1-13(11-15)16-7-9-17(10-8-16)20(18,19)12-14-5-3-2-4-6-14/h13-14H,2-12,15H2,1H3. The first kappa shape index (κ1) is 16.2. The third kappa shape index (κ3) is 4.16. The number of piperazine rings is 1. The highest BCUT2D eigenvalue weighted by Gasteiger charge is 2.30. The maximum atomic E-state index is 12.5. The topological polar surface area (TPSA) is 66.6 Å². The van der Waals surface area contributed by atoms with Crippen molar-refractivity contribution in [3.05, 3.63) is 0 Å². The smallest absolute Gasteiger partial charge is 0.214 e. The average Bonchev–Trinajstić information content (AvgIpc) is 2.47. The van der Waals surface area contributed by atoms with Crippen molar-refractivity contribution in [1.82, 2.24) is 9.21 Å². The second-order valence-corrected chi connectivity index (χ2v) is 8.32. The number of hydrogen-bond donors (Lipinski definition) is 1. The molecule has 1 unspecified atom stereocenters. The Labute approximate surface area is 123 Å². The van der Waals surface area contributed by atoms with E-state index >= 15 is 0 Å². The Morgan fingerprint density at radius 3 is 2.25 bits per heavy atom. The molecule has 2 N–H and O–H groups in total. The van der Waals surface area contributed by atoms with Gasteiger partial charge in [0.15, 0.2) is 0 Å². The molecule has 2 fully saturated rings. The van der Waals surface area contributed by atoms with Crippen LogP contribution in [0.5, 0.6) is 0 Å². The molecule has 1 heterocycles. The zero-order chi connectivity index (χ0) is 14.6. The predicted molar refractivity (Wildman–Crippen MR) is 82.0 cm³/mol. The van der Waals surface area contributed by atoms with Gasteiger partial charge in [0.25, 0.3) is 0 Å². The van der Waals surface area contributed by atoms with Gasteiger partial charge in [-0.05, 0) is 25.7 Å². The predicted octanol–water partition coefficient (Wildman–Crippen LogP) is 0.861. The van der Waals surface area contributed by atoms with Crippen LogP contribution in [0.25, 0.3) is 0 Å². The highest BCUT2D eigenvalue weighted by molar-refractivity contribution is 7.89. The second-order valence-electron chi connectivity index (χ2n) is 6.30.